The van der Waals surface area contributed by atoms with E-state index in [0.29, 0.717) is 27.8 Å². The summed E-state index contributed by atoms with van der Waals surface area (Å²) in [5.74, 6) is 2.20. The second-order valence-electron chi connectivity index (χ2n) is 15.8. The van der Waals surface area contributed by atoms with Crippen LogP contribution in [0, 0.1) is 27.9 Å². The number of nitrogens with two attached hydrogens (primary N) is 1. The molecule has 310 valence electrons. The van der Waals surface area contributed by atoms with Crippen LogP contribution in [0.5, 0.6) is 5.75 Å². The van der Waals surface area contributed by atoms with Gasteiger partial charge in [-0.05, 0) is 102 Å². The van der Waals surface area contributed by atoms with Crippen molar-refractivity contribution in [2.24, 2.45) is 11.7 Å². The lowest BCUT2D eigenvalue weighted by atomic mass is 9.65. The Morgan fingerprint density at radius 3 is 2.19 bits per heavy atom. The molecule has 6 atom stereocenters. The summed E-state index contributed by atoms with van der Waals surface area (Å²) in [4.78, 5) is 73.1. The smallest absolute Gasteiger partial charge is 0.421 e. The van der Waals surface area contributed by atoms with Crippen molar-refractivity contribution in [3.05, 3.63) is 183 Å². The number of phenolic OH excluding ortho intramolecular Hbond substituents is 1. The number of anilines is 1. The second kappa shape index (κ2) is 16.1. The number of allylic oxidation sites excluding steroid dienone is 2. The minimum absolute atomic E-state index is 0.0622. The number of aromatic hydroxyl groups is 1. The monoisotopic (exact) mass is 828 g/mol. The quantitative estimate of drug-likeness (QED) is 0.0716. The topological polar surface area (TPSA) is 183 Å². The van der Waals surface area contributed by atoms with Crippen LogP contribution in [-0.2, 0) is 35.9 Å². The van der Waals surface area contributed by atoms with Gasteiger partial charge < -0.3 is 20.3 Å². The van der Waals surface area contributed by atoms with Crippen LogP contribution in [0.3, 0.4) is 0 Å². The molecule has 1 spiro atoms. The van der Waals surface area contributed by atoms with E-state index < -0.39 is 64.4 Å². The number of imide groups is 1. The number of ether oxygens (including phenoxy) is 2. The highest BCUT2D eigenvalue weighted by Crippen LogP contribution is 2.65. The molecule has 62 heavy (non-hydrogen) atoms. The Kier molecular flexibility index (Phi) is 10.4. The van der Waals surface area contributed by atoms with Crippen molar-refractivity contribution in [2.75, 3.05) is 4.90 Å². The van der Waals surface area contributed by atoms with Crippen molar-refractivity contribution in [3.8, 4) is 17.6 Å². The number of fused-ring (bicyclic) bond motifs is 3. The van der Waals surface area contributed by atoms with Crippen molar-refractivity contribution < 1.29 is 38.7 Å². The van der Waals surface area contributed by atoms with Crippen molar-refractivity contribution in [3.63, 3.8) is 0 Å². The summed E-state index contributed by atoms with van der Waals surface area (Å²) in [6.45, 7) is -0.349. The van der Waals surface area contributed by atoms with Crippen LogP contribution in [0.15, 0.2) is 139 Å². The third-order valence-corrected chi connectivity index (χ3v) is 12.3. The SMILES string of the molecule is NC(=O)C1C2C(=O)OC(c3ccccc3)C(c3ccccc3)N2C(c2ccc(O)cc2)C12C(=O)N(C(=O)OCc1ccc([N+](=O)[O-])cc1)c1ccc(C#CC3=CCCCC3)cc12. The molecule has 3 aliphatic heterocycles. The summed E-state index contributed by atoms with van der Waals surface area (Å²) in [5.41, 5.74) is 8.26. The lowest BCUT2D eigenvalue weighted by molar-refractivity contribution is -0.384. The number of non-ortho nitro benzene ring substituents is 1. The molecule has 9 rings (SSSR count). The molecular weight excluding hydrogens is 789 g/mol. The molecule has 2 saturated heterocycles. The van der Waals surface area contributed by atoms with Crippen LogP contribution in [0.2, 0.25) is 0 Å². The lowest BCUT2D eigenvalue weighted by Crippen LogP contribution is -2.55. The fraction of sp³-hybridized carbons (Fsp3) is 0.224. The largest absolute Gasteiger partial charge is 0.508 e. The van der Waals surface area contributed by atoms with Crippen LogP contribution < -0.4 is 10.6 Å². The number of nitrogens with zero attached hydrogens (tertiary/aromatic N) is 3. The van der Waals surface area contributed by atoms with Crippen LogP contribution in [0.4, 0.5) is 16.2 Å². The number of hydrogen-bond acceptors (Lipinski definition) is 10. The van der Waals surface area contributed by atoms with E-state index in [1.807, 2.05) is 65.6 Å². The van der Waals surface area contributed by atoms with Gasteiger partial charge in [-0.15, -0.1) is 0 Å². The van der Waals surface area contributed by atoms with E-state index in [9.17, 15) is 29.6 Å². The van der Waals surface area contributed by atoms with Gasteiger partial charge in [0.1, 0.15) is 29.9 Å². The Morgan fingerprint density at radius 1 is 0.855 bits per heavy atom. The highest BCUT2D eigenvalue weighted by molar-refractivity contribution is 6.23. The van der Waals surface area contributed by atoms with Crippen molar-refractivity contribution >= 4 is 35.3 Å². The van der Waals surface area contributed by atoms with Crippen LogP contribution in [0.25, 0.3) is 0 Å². The minimum Gasteiger partial charge on any atom is -0.508 e. The Balaban J connectivity index is 1.27. The molecule has 0 saturated carbocycles. The molecule has 5 aromatic rings. The molecule has 13 nitrogen and oxygen atoms in total. The fourth-order valence-corrected chi connectivity index (χ4v) is 9.68. The van der Waals surface area contributed by atoms with E-state index in [-0.39, 0.29) is 29.3 Å². The van der Waals surface area contributed by atoms with E-state index in [1.165, 1.54) is 36.4 Å². The number of rotatable bonds is 7. The number of hydrogen-bond donors (Lipinski definition) is 2. The average Bonchev–Trinajstić information content (AvgIpc) is 3.75. The van der Waals surface area contributed by atoms with E-state index in [0.717, 1.165) is 36.2 Å². The number of nitro benzene ring substituents is 1. The molecule has 3 N–H and O–H groups in total. The number of primary amides is 1. The highest BCUT2D eigenvalue weighted by Gasteiger charge is 2.75. The molecule has 13 heteroatoms. The average molecular weight is 829 g/mol. The van der Waals surface area contributed by atoms with Crippen molar-refractivity contribution in [1.29, 1.82) is 0 Å². The lowest BCUT2D eigenvalue weighted by Gasteiger charge is -2.46. The number of phenols is 1. The first kappa shape index (κ1) is 39.9. The van der Waals surface area contributed by atoms with Gasteiger partial charge >= 0.3 is 12.1 Å². The minimum atomic E-state index is -2.07. The Hall–Kier alpha value is -7.56. The van der Waals surface area contributed by atoms with Gasteiger partial charge in [0.05, 0.1) is 28.6 Å². The van der Waals surface area contributed by atoms with Gasteiger partial charge in [-0.2, -0.15) is 0 Å². The maximum atomic E-state index is 16.0. The number of carbonyl (C=O) groups excluding carboxylic acids is 4. The van der Waals surface area contributed by atoms with Gasteiger partial charge in [0.25, 0.3) is 5.69 Å². The molecule has 0 aromatic heterocycles. The third-order valence-electron chi connectivity index (χ3n) is 12.3. The van der Waals surface area contributed by atoms with Crippen molar-refractivity contribution in [1.82, 2.24) is 4.90 Å². The van der Waals surface area contributed by atoms with Crippen LogP contribution in [0.1, 0.15) is 77.3 Å². The first-order valence-corrected chi connectivity index (χ1v) is 20.3. The van der Waals surface area contributed by atoms with E-state index in [1.54, 1.807) is 30.3 Å². The summed E-state index contributed by atoms with van der Waals surface area (Å²) in [6, 6.07) is 31.6. The van der Waals surface area contributed by atoms with E-state index >= 15 is 4.79 Å². The fourth-order valence-electron chi connectivity index (χ4n) is 9.68. The van der Waals surface area contributed by atoms with Crippen LogP contribution >= 0.6 is 0 Å². The molecule has 3 heterocycles. The molecular formula is C49H40N4O9. The van der Waals surface area contributed by atoms with Gasteiger partial charge in [-0.1, -0.05) is 90.7 Å². The number of nitro groups is 1. The maximum absolute atomic E-state index is 16.0. The Bertz CT molecular complexity index is 2690. The van der Waals surface area contributed by atoms with Gasteiger partial charge in [0.15, 0.2) is 0 Å². The number of amides is 3. The molecule has 0 radical (unpaired) electrons. The normalized spacial score (nSPS) is 24.0. The number of esters is 1. The summed E-state index contributed by atoms with van der Waals surface area (Å²) in [5, 5.41) is 21.8. The predicted octanol–water partition coefficient (Wildman–Crippen LogP) is 7.64. The molecule has 0 bridgehead atoms. The third kappa shape index (κ3) is 6.74. The van der Waals surface area contributed by atoms with Gasteiger partial charge in [0.2, 0.25) is 11.8 Å². The van der Waals surface area contributed by atoms with Gasteiger partial charge in [-0.25, -0.2) is 9.69 Å². The Morgan fingerprint density at radius 2 is 1.55 bits per heavy atom. The number of morpholine rings is 1. The summed E-state index contributed by atoms with van der Waals surface area (Å²) in [7, 11) is 0. The number of cyclic esters (lactones) is 1. The zero-order valence-electron chi connectivity index (χ0n) is 33.3. The zero-order chi connectivity index (χ0) is 43.1. The standard InChI is InChI=1S/C49H40N4O9/c50-45(55)40-42-46(56)62-43(34-14-8-3-9-15-34)41(33-12-6-2-7-13-33)52(42)44(35-21-25-37(54)26-22-35)49(40)38-28-31(17-16-30-10-4-1-5-11-30)20-27-39(38)51(47(49)57)48(58)61-29-32-18-23-36(24-19-32)53(59)60/h2-3,6-10,12-15,18-28,40-44,54H,1,4-5,11,29H2,(H2,50,55). The molecule has 2 fully saturated rings. The molecule has 6 unspecified atom stereocenters. The first-order valence-electron chi connectivity index (χ1n) is 20.3. The molecule has 5 aromatic carbocycles. The zero-order valence-corrected chi connectivity index (χ0v) is 33.3. The van der Waals surface area contributed by atoms with Crippen LogP contribution in [-0.4, -0.2) is 44.8 Å². The number of carbonyl (C=O) groups is 4. The molecule has 3 amide bonds. The van der Waals surface area contributed by atoms with E-state index in [2.05, 4.69) is 17.9 Å². The highest BCUT2D eigenvalue weighted by atomic mass is 16.6. The maximum Gasteiger partial charge on any atom is 0.421 e. The second-order valence-corrected chi connectivity index (χ2v) is 15.8. The van der Waals surface area contributed by atoms with Gasteiger partial charge in [-0.3, -0.25) is 29.4 Å². The van der Waals surface area contributed by atoms with Gasteiger partial charge in [0, 0.05) is 17.7 Å². The summed E-state index contributed by atoms with van der Waals surface area (Å²) >= 11 is 0. The van der Waals surface area contributed by atoms with E-state index in [4.69, 9.17) is 15.2 Å². The van der Waals surface area contributed by atoms with Crippen molar-refractivity contribution in [2.45, 2.75) is 61.9 Å². The summed E-state index contributed by atoms with van der Waals surface area (Å²) < 4.78 is 12.1. The first-order chi connectivity index (χ1) is 30.1. The molecule has 1 aliphatic carbocycles. The number of benzene rings is 5. The Labute approximate surface area is 356 Å². The predicted molar refractivity (Wildman–Crippen MR) is 226 cm³/mol. The summed E-state index contributed by atoms with van der Waals surface area (Å²) in [6.07, 6.45) is 3.92. The molecule has 4 aliphatic rings.